The van der Waals surface area contributed by atoms with Gasteiger partial charge in [-0.15, -0.1) is 0 Å². The highest BCUT2D eigenvalue weighted by molar-refractivity contribution is 5.10. The number of aryl methyl sites for hydroxylation is 1. The Hall–Kier alpha value is -1.13. The molecule has 0 saturated carbocycles. The van der Waals surface area contributed by atoms with Crippen molar-refractivity contribution in [2.45, 2.75) is 6.54 Å². The Labute approximate surface area is 90.5 Å². The summed E-state index contributed by atoms with van der Waals surface area (Å²) in [6.45, 7) is 2.75. The number of likely N-dealkylation sites (N-methyl/N-ethyl adjacent to an activating group) is 2. The highest BCUT2D eigenvalue weighted by atomic mass is 16.1. The smallest absolute Gasteiger partial charge is 0.250 e. The first-order valence-corrected chi connectivity index (χ1v) is 5.12. The van der Waals surface area contributed by atoms with Gasteiger partial charge in [0.15, 0.2) is 0 Å². The van der Waals surface area contributed by atoms with E-state index in [0.29, 0.717) is 0 Å². The van der Waals surface area contributed by atoms with Crippen molar-refractivity contribution < 1.29 is 0 Å². The van der Waals surface area contributed by atoms with E-state index in [0.717, 1.165) is 25.2 Å². The molecule has 4 nitrogen and oxygen atoms in total. The first kappa shape index (κ1) is 11.9. The van der Waals surface area contributed by atoms with E-state index in [1.807, 2.05) is 19.3 Å². The third-order valence-electron chi connectivity index (χ3n) is 2.36. The van der Waals surface area contributed by atoms with Crippen molar-refractivity contribution in [3.63, 3.8) is 0 Å². The maximum atomic E-state index is 11.4. The van der Waals surface area contributed by atoms with Crippen molar-refractivity contribution in [3.8, 4) is 0 Å². The zero-order valence-electron chi connectivity index (χ0n) is 9.66. The lowest BCUT2D eigenvalue weighted by Crippen LogP contribution is -2.27. The molecule has 0 spiro atoms. The summed E-state index contributed by atoms with van der Waals surface area (Å²) in [5.41, 5.74) is 1.12. The lowest BCUT2D eigenvalue weighted by atomic mass is 10.2. The molecule has 4 heteroatoms. The van der Waals surface area contributed by atoms with Gasteiger partial charge < -0.3 is 14.8 Å². The average molecular weight is 209 g/mol. The fourth-order valence-electron chi connectivity index (χ4n) is 1.38. The minimum atomic E-state index is 0.0505. The molecule has 0 aliphatic rings. The van der Waals surface area contributed by atoms with E-state index >= 15 is 0 Å². The fourth-order valence-corrected chi connectivity index (χ4v) is 1.38. The molecule has 1 N–H and O–H groups in total. The van der Waals surface area contributed by atoms with Crippen molar-refractivity contribution in [1.29, 1.82) is 0 Å². The lowest BCUT2D eigenvalue weighted by Gasteiger charge is -2.16. The first-order chi connectivity index (χ1) is 7.13. The predicted octanol–water partition coefficient (Wildman–Crippen LogP) is 0.0365. The second-order valence-electron chi connectivity index (χ2n) is 3.83. The van der Waals surface area contributed by atoms with Gasteiger partial charge in [-0.3, -0.25) is 4.79 Å². The van der Waals surface area contributed by atoms with Crippen LogP contribution in [0.5, 0.6) is 0 Å². The molecule has 0 fully saturated rings. The van der Waals surface area contributed by atoms with Crippen LogP contribution in [0.1, 0.15) is 5.56 Å². The molecule has 0 radical (unpaired) electrons. The van der Waals surface area contributed by atoms with Gasteiger partial charge >= 0.3 is 0 Å². The third-order valence-corrected chi connectivity index (χ3v) is 2.36. The van der Waals surface area contributed by atoms with E-state index in [4.69, 9.17) is 0 Å². The van der Waals surface area contributed by atoms with Crippen LogP contribution in [0.25, 0.3) is 0 Å². The zero-order chi connectivity index (χ0) is 11.3. The highest BCUT2D eigenvalue weighted by Crippen LogP contribution is 1.98. The van der Waals surface area contributed by atoms with Crippen LogP contribution in [0.15, 0.2) is 23.1 Å². The highest BCUT2D eigenvalue weighted by Gasteiger charge is 2.00. The Morgan fingerprint density at radius 1 is 1.53 bits per heavy atom. The summed E-state index contributed by atoms with van der Waals surface area (Å²) in [5, 5.41) is 3.10. The van der Waals surface area contributed by atoms with Gasteiger partial charge in [-0.1, -0.05) is 0 Å². The van der Waals surface area contributed by atoms with E-state index in [9.17, 15) is 4.79 Å². The van der Waals surface area contributed by atoms with Gasteiger partial charge in [0.05, 0.1) is 0 Å². The van der Waals surface area contributed by atoms with Gasteiger partial charge in [-0.25, -0.2) is 0 Å². The number of nitrogens with one attached hydrogen (secondary N) is 1. The number of pyridine rings is 1. The summed E-state index contributed by atoms with van der Waals surface area (Å²) in [4.78, 5) is 13.6. The van der Waals surface area contributed by atoms with E-state index in [1.54, 1.807) is 17.7 Å². The summed E-state index contributed by atoms with van der Waals surface area (Å²) in [6.07, 6.45) is 1.81. The molecule has 0 bridgehead atoms. The molecule has 84 valence electrons. The minimum Gasteiger partial charge on any atom is -0.319 e. The van der Waals surface area contributed by atoms with Gasteiger partial charge in [0.2, 0.25) is 0 Å². The van der Waals surface area contributed by atoms with Crippen molar-refractivity contribution in [2.75, 3.05) is 27.2 Å². The molecule has 0 aliphatic carbocycles. The van der Waals surface area contributed by atoms with E-state index in [2.05, 4.69) is 17.3 Å². The van der Waals surface area contributed by atoms with Gasteiger partial charge in [0.1, 0.15) is 0 Å². The quantitative estimate of drug-likeness (QED) is 0.744. The van der Waals surface area contributed by atoms with Crippen molar-refractivity contribution in [3.05, 3.63) is 34.2 Å². The standard InChI is InChI=1S/C11H19N3O/c1-12-5-7-13(2)9-10-4-6-14(3)11(15)8-10/h4,6,8,12H,5,7,9H2,1-3H3. The minimum absolute atomic E-state index is 0.0505. The summed E-state index contributed by atoms with van der Waals surface area (Å²) in [5.74, 6) is 0. The van der Waals surface area contributed by atoms with Crippen LogP contribution in [0, 0.1) is 0 Å². The van der Waals surface area contributed by atoms with Crippen molar-refractivity contribution >= 4 is 0 Å². The van der Waals surface area contributed by atoms with Gasteiger partial charge in [0, 0.05) is 38.9 Å². The fraction of sp³-hybridized carbons (Fsp3) is 0.545. The Morgan fingerprint density at radius 3 is 2.87 bits per heavy atom. The Kier molecular flexibility index (Phi) is 4.52. The molecule has 1 rings (SSSR count). The third kappa shape index (κ3) is 3.85. The maximum absolute atomic E-state index is 11.4. The topological polar surface area (TPSA) is 37.3 Å². The van der Waals surface area contributed by atoms with Gasteiger partial charge in [-0.05, 0) is 25.7 Å². The number of aromatic nitrogens is 1. The molecular weight excluding hydrogens is 190 g/mol. The Bertz CT molecular complexity index is 359. The summed E-state index contributed by atoms with van der Waals surface area (Å²) < 4.78 is 1.58. The van der Waals surface area contributed by atoms with E-state index < -0.39 is 0 Å². The number of nitrogens with zero attached hydrogens (tertiary/aromatic N) is 2. The summed E-state index contributed by atoms with van der Waals surface area (Å²) >= 11 is 0. The van der Waals surface area contributed by atoms with Crippen LogP contribution in [0.2, 0.25) is 0 Å². The van der Waals surface area contributed by atoms with Crippen LogP contribution in [0.3, 0.4) is 0 Å². The van der Waals surface area contributed by atoms with Crippen LogP contribution >= 0.6 is 0 Å². The number of rotatable bonds is 5. The SMILES string of the molecule is CNCCN(C)Cc1ccn(C)c(=O)c1. The average Bonchev–Trinajstić information content (AvgIpc) is 2.20. The Morgan fingerprint density at radius 2 is 2.27 bits per heavy atom. The second-order valence-corrected chi connectivity index (χ2v) is 3.83. The van der Waals surface area contributed by atoms with Gasteiger partial charge in [0.25, 0.3) is 5.56 Å². The van der Waals surface area contributed by atoms with Crippen molar-refractivity contribution in [2.24, 2.45) is 7.05 Å². The molecule has 0 unspecified atom stereocenters. The van der Waals surface area contributed by atoms with E-state index in [-0.39, 0.29) is 5.56 Å². The molecule has 0 atom stereocenters. The second kappa shape index (κ2) is 5.68. The van der Waals surface area contributed by atoms with Gasteiger partial charge in [-0.2, -0.15) is 0 Å². The summed E-state index contributed by atoms with van der Waals surface area (Å²) in [7, 11) is 5.75. The molecule has 0 saturated heterocycles. The number of hydrogen-bond donors (Lipinski definition) is 1. The molecule has 0 aromatic carbocycles. The largest absolute Gasteiger partial charge is 0.319 e. The van der Waals surface area contributed by atoms with Crippen LogP contribution < -0.4 is 10.9 Å². The molecule has 0 aliphatic heterocycles. The maximum Gasteiger partial charge on any atom is 0.250 e. The molecule has 1 heterocycles. The zero-order valence-corrected chi connectivity index (χ0v) is 9.66. The lowest BCUT2D eigenvalue weighted by molar-refractivity contribution is 0.328. The number of hydrogen-bond acceptors (Lipinski definition) is 3. The van der Waals surface area contributed by atoms with Crippen molar-refractivity contribution in [1.82, 2.24) is 14.8 Å². The van der Waals surface area contributed by atoms with Crippen LogP contribution in [-0.2, 0) is 13.6 Å². The van der Waals surface area contributed by atoms with Crippen LogP contribution in [-0.4, -0.2) is 36.7 Å². The predicted molar refractivity (Wildman–Crippen MR) is 61.9 cm³/mol. The monoisotopic (exact) mass is 209 g/mol. The molecule has 15 heavy (non-hydrogen) atoms. The molecule has 0 amide bonds. The molecular formula is C11H19N3O. The molecule has 1 aromatic heterocycles. The Balaban J connectivity index is 2.57. The normalized spacial score (nSPS) is 10.9. The summed E-state index contributed by atoms with van der Waals surface area (Å²) in [6, 6.07) is 3.67. The molecule has 1 aromatic rings. The first-order valence-electron chi connectivity index (χ1n) is 5.12. The van der Waals surface area contributed by atoms with E-state index in [1.165, 1.54) is 0 Å². The van der Waals surface area contributed by atoms with Crippen LogP contribution in [0.4, 0.5) is 0 Å².